The van der Waals surface area contributed by atoms with Crippen LogP contribution in [0.15, 0.2) is 49.1 Å². The Morgan fingerprint density at radius 2 is 1.44 bits per heavy atom. The number of fused-ring (bicyclic) bond motifs is 1. The van der Waals surface area contributed by atoms with Crippen LogP contribution in [-0.2, 0) is 0 Å². The molecule has 2 aromatic rings. The van der Waals surface area contributed by atoms with Crippen LogP contribution in [0.4, 0.5) is 0 Å². The zero-order valence-electron chi connectivity index (χ0n) is 21.3. The van der Waals surface area contributed by atoms with Gasteiger partial charge in [0.25, 0.3) is 5.91 Å². The SMILES string of the molecule is C=CCCCCCCCCCCN(CCCCC)C(=O)c1c(C(=O)[O-])ccc2ccccc12.[Na+]. The largest absolute Gasteiger partial charge is 1.00 e. The molecule has 0 aromatic heterocycles. The summed E-state index contributed by atoms with van der Waals surface area (Å²) in [7, 11) is 0. The van der Waals surface area contributed by atoms with Crippen molar-refractivity contribution in [2.75, 3.05) is 13.1 Å². The van der Waals surface area contributed by atoms with Crippen LogP contribution < -0.4 is 34.7 Å². The van der Waals surface area contributed by atoms with Crippen molar-refractivity contribution in [3.05, 3.63) is 60.2 Å². The molecule has 2 rings (SSSR count). The number of aromatic carboxylic acids is 1. The molecule has 0 saturated carbocycles. The summed E-state index contributed by atoms with van der Waals surface area (Å²) in [5.41, 5.74) is 0.250. The minimum Gasteiger partial charge on any atom is -0.545 e. The molecule has 0 aliphatic carbocycles. The first-order valence-electron chi connectivity index (χ1n) is 12.7. The first-order chi connectivity index (χ1) is 16.1. The van der Waals surface area contributed by atoms with E-state index in [1.165, 1.54) is 44.6 Å². The molecule has 0 heterocycles. The quantitative estimate of drug-likeness (QED) is 0.201. The molecule has 180 valence electrons. The van der Waals surface area contributed by atoms with E-state index < -0.39 is 5.97 Å². The average molecular weight is 474 g/mol. The fourth-order valence-electron chi connectivity index (χ4n) is 4.35. The van der Waals surface area contributed by atoms with Crippen molar-refractivity contribution in [2.24, 2.45) is 0 Å². The Labute approximate surface area is 228 Å². The topological polar surface area (TPSA) is 60.4 Å². The molecule has 0 fully saturated rings. The van der Waals surface area contributed by atoms with Crippen LogP contribution in [0, 0.1) is 0 Å². The third-order valence-corrected chi connectivity index (χ3v) is 6.27. The van der Waals surface area contributed by atoms with Gasteiger partial charge in [-0.2, -0.15) is 0 Å². The number of amides is 1. The van der Waals surface area contributed by atoms with Crippen molar-refractivity contribution >= 4 is 22.6 Å². The maximum absolute atomic E-state index is 13.6. The minimum atomic E-state index is -1.30. The summed E-state index contributed by atoms with van der Waals surface area (Å²) < 4.78 is 0. The Hall–Kier alpha value is -1.62. The van der Waals surface area contributed by atoms with E-state index in [2.05, 4.69) is 13.5 Å². The average Bonchev–Trinajstić information content (AvgIpc) is 2.82. The van der Waals surface area contributed by atoms with Gasteiger partial charge >= 0.3 is 29.6 Å². The number of rotatable bonds is 17. The molecule has 0 radical (unpaired) electrons. The predicted molar refractivity (Wildman–Crippen MR) is 135 cm³/mol. The monoisotopic (exact) mass is 473 g/mol. The van der Waals surface area contributed by atoms with Crippen LogP contribution in [0.2, 0.25) is 0 Å². The fraction of sp³-hybridized carbons (Fsp3) is 0.517. The summed E-state index contributed by atoms with van der Waals surface area (Å²) in [6, 6.07) is 10.7. The van der Waals surface area contributed by atoms with E-state index in [1.54, 1.807) is 6.07 Å². The van der Waals surface area contributed by atoms with E-state index >= 15 is 0 Å². The van der Waals surface area contributed by atoms with Gasteiger partial charge in [0, 0.05) is 18.7 Å². The van der Waals surface area contributed by atoms with E-state index in [-0.39, 0.29) is 46.6 Å². The van der Waals surface area contributed by atoms with Crippen LogP contribution >= 0.6 is 0 Å². The first-order valence-corrected chi connectivity index (χ1v) is 12.7. The second kappa shape index (κ2) is 17.8. The fourth-order valence-corrected chi connectivity index (χ4v) is 4.35. The molecule has 4 nitrogen and oxygen atoms in total. The second-order valence-corrected chi connectivity index (χ2v) is 8.90. The third kappa shape index (κ3) is 9.93. The smallest absolute Gasteiger partial charge is 0.545 e. The summed E-state index contributed by atoms with van der Waals surface area (Å²) in [6.07, 6.45) is 15.7. The summed E-state index contributed by atoms with van der Waals surface area (Å²) in [5, 5.41) is 13.4. The van der Waals surface area contributed by atoms with Crippen molar-refractivity contribution in [3.63, 3.8) is 0 Å². The molecule has 1 amide bonds. The summed E-state index contributed by atoms with van der Waals surface area (Å²) in [6.45, 7) is 7.23. The van der Waals surface area contributed by atoms with Gasteiger partial charge in [0.15, 0.2) is 0 Å². The van der Waals surface area contributed by atoms with Gasteiger partial charge in [0.2, 0.25) is 0 Å². The molecule has 34 heavy (non-hydrogen) atoms. The molecule has 0 bridgehead atoms. The van der Waals surface area contributed by atoms with Gasteiger partial charge in [-0.25, -0.2) is 0 Å². The number of carbonyl (C=O) groups is 2. The van der Waals surface area contributed by atoms with Crippen LogP contribution in [-0.4, -0.2) is 29.9 Å². The molecule has 0 N–H and O–H groups in total. The number of carboxylic acid groups (broad SMARTS) is 1. The van der Waals surface area contributed by atoms with E-state index in [0.29, 0.717) is 18.5 Å². The zero-order chi connectivity index (χ0) is 23.9. The number of hydrogen-bond donors (Lipinski definition) is 0. The molecule has 0 aliphatic heterocycles. The van der Waals surface area contributed by atoms with E-state index in [0.717, 1.165) is 43.9 Å². The van der Waals surface area contributed by atoms with Crippen molar-refractivity contribution in [1.82, 2.24) is 4.90 Å². The molecule has 0 saturated heterocycles. The van der Waals surface area contributed by atoms with Gasteiger partial charge in [-0.1, -0.05) is 101 Å². The summed E-state index contributed by atoms with van der Waals surface area (Å²) in [4.78, 5) is 27.3. The van der Waals surface area contributed by atoms with Gasteiger partial charge in [-0.3, -0.25) is 4.79 Å². The molecular formula is C29H40NNaO3. The Morgan fingerprint density at radius 3 is 2.06 bits per heavy atom. The standard InChI is InChI=1S/C29H41NO3.Na/c1-3-5-7-8-9-10-11-12-13-17-23-30(22-16-6-4-2)28(31)27-25-19-15-14-18-24(25)20-21-26(27)29(32)33;/h3,14-15,18-21H,1,4-13,16-17,22-23H2,2H3,(H,32,33);/q;+1/p-1. The predicted octanol–water partition coefficient (Wildman–Crippen LogP) is 3.54. The first kappa shape index (κ1) is 30.4. The number of unbranched alkanes of at least 4 members (excludes halogenated alkanes) is 10. The third-order valence-electron chi connectivity index (χ3n) is 6.27. The Balaban J connectivity index is 0.00000578. The van der Waals surface area contributed by atoms with Crippen LogP contribution in [0.1, 0.15) is 105 Å². The number of benzene rings is 2. The zero-order valence-corrected chi connectivity index (χ0v) is 23.3. The number of hydrogen-bond acceptors (Lipinski definition) is 3. The number of allylic oxidation sites excluding steroid dienone is 1. The molecule has 5 heteroatoms. The summed E-state index contributed by atoms with van der Waals surface area (Å²) in [5.74, 6) is -1.49. The van der Waals surface area contributed by atoms with Crippen molar-refractivity contribution < 1.29 is 44.3 Å². The molecule has 0 atom stereocenters. The van der Waals surface area contributed by atoms with Crippen molar-refractivity contribution in [3.8, 4) is 0 Å². The molecule has 0 spiro atoms. The number of carbonyl (C=O) groups excluding carboxylic acids is 2. The molecular weight excluding hydrogens is 433 g/mol. The van der Waals surface area contributed by atoms with Gasteiger partial charge in [-0.15, -0.1) is 6.58 Å². The van der Waals surface area contributed by atoms with Gasteiger partial charge in [-0.05, 0) is 36.5 Å². The van der Waals surface area contributed by atoms with E-state index in [4.69, 9.17) is 0 Å². The van der Waals surface area contributed by atoms with Crippen molar-refractivity contribution in [1.29, 1.82) is 0 Å². The molecule has 0 unspecified atom stereocenters. The van der Waals surface area contributed by atoms with Crippen LogP contribution in [0.25, 0.3) is 10.8 Å². The number of carboxylic acids is 1. The normalized spacial score (nSPS) is 10.6. The Bertz CT molecular complexity index is 896. The van der Waals surface area contributed by atoms with Gasteiger partial charge in [0.05, 0.1) is 11.5 Å². The van der Waals surface area contributed by atoms with E-state index in [1.807, 2.05) is 35.2 Å². The second-order valence-electron chi connectivity index (χ2n) is 8.90. The molecule has 0 aliphatic rings. The minimum absolute atomic E-state index is 0. The maximum atomic E-state index is 13.6. The van der Waals surface area contributed by atoms with Crippen LogP contribution in [0.5, 0.6) is 0 Å². The van der Waals surface area contributed by atoms with E-state index in [9.17, 15) is 14.7 Å². The van der Waals surface area contributed by atoms with Crippen LogP contribution in [0.3, 0.4) is 0 Å². The molecule has 2 aromatic carbocycles. The summed E-state index contributed by atoms with van der Waals surface area (Å²) >= 11 is 0. The maximum Gasteiger partial charge on any atom is 1.00 e. The van der Waals surface area contributed by atoms with Crippen molar-refractivity contribution in [2.45, 2.75) is 84.0 Å². The van der Waals surface area contributed by atoms with Gasteiger partial charge < -0.3 is 14.8 Å². The number of nitrogens with zero attached hydrogens (tertiary/aromatic N) is 1. The van der Waals surface area contributed by atoms with Gasteiger partial charge in [0.1, 0.15) is 0 Å². The Morgan fingerprint density at radius 1 is 0.853 bits per heavy atom. The Kier molecular flexibility index (Phi) is 15.9.